The number of ether oxygens (including phenoxy) is 1. The van der Waals surface area contributed by atoms with Crippen LogP contribution in [0.2, 0.25) is 0 Å². The van der Waals surface area contributed by atoms with Gasteiger partial charge in [-0.3, -0.25) is 0 Å². The molecule has 0 amide bonds. The summed E-state index contributed by atoms with van der Waals surface area (Å²) in [5, 5.41) is 9.92. The number of rotatable bonds is 8. The summed E-state index contributed by atoms with van der Waals surface area (Å²) in [6, 6.07) is 0. The van der Waals surface area contributed by atoms with Gasteiger partial charge in [0.15, 0.2) is 0 Å². The number of hydrogen-bond acceptors (Lipinski definition) is 1. The Kier molecular flexibility index (Phi) is 10.4. The van der Waals surface area contributed by atoms with Crippen molar-refractivity contribution in [2.75, 3.05) is 25.7 Å². The van der Waals surface area contributed by atoms with Gasteiger partial charge in [0.05, 0.1) is 6.61 Å². The zero-order chi connectivity index (χ0) is 8.36. The molecule has 11 heavy (non-hydrogen) atoms. The third-order valence-corrected chi connectivity index (χ3v) is 1.67. The standard InChI is InChI=1S/C8H16ClO2/c9-5-3-1-2-4-7-11-8-6-10/h1-8H2. The first-order valence-corrected chi connectivity index (χ1v) is 4.67. The molecular weight excluding hydrogens is 164 g/mol. The monoisotopic (exact) mass is 179 g/mol. The van der Waals surface area contributed by atoms with Crippen LogP contribution in [0.25, 0.3) is 0 Å². The van der Waals surface area contributed by atoms with E-state index in [4.69, 9.17) is 16.3 Å². The molecule has 0 unspecified atom stereocenters. The fourth-order valence-corrected chi connectivity index (χ4v) is 1.00. The summed E-state index contributed by atoms with van der Waals surface area (Å²) in [4.78, 5) is 0. The van der Waals surface area contributed by atoms with E-state index in [0.717, 1.165) is 31.7 Å². The van der Waals surface area contributed by atoms with Crippen molar-refractivity contribution in [3.63, 3.8) is 0 Å². The summed E-state index contributed by atoms with van der Waals surface area (Å²) in [5.41, 5.74) is 0. The average Bonchev–Trinajstić information content (AvgIpc) is 2.03. The Hall–Kier alpha value is 0.210. The largest absolute Gasteiger partial charge is 0.379 e. The van der Waals surface area contributed by atoms with Gasteiger partial charge in [0.2, 0.25) is 0 Å². The molecule has 0 rings (SSSR count). The molecule has 3 heteroatoms. The molecule has 0 aromatic carbocycles. The summed E-state index contributed by atoms with van der Waals surface area (Å²) in [6.07, 6.45) is 4.47. The lowest BCUT2D eigenvalue weighted by Crippen LogP contribution is -1.99. The SMILES string of the molecule is [O]CCOCCCCCCCl. The van der Waals surface area contributed by atoms with Crippen LogP contribution in [-0.2, 0) is 9.84 Å². The van der Waals surface area contributed by atoms with Gasteiger partial charge < -0.3 is 4.74 Å². The van der Waals surface area contributed by atoms with Crippen molar-refractivity contribution in [3.05, 3.63) is 0 Å². The Morgan fingerprint density at radius 3 is 2.36 bits per heavy atom. The molecule has 0 fully saturated rings. The van der Waals surface area contributed by atoms with E-state index in [-0.39, 0.29) is 6.61 Å². The van der Waals surface area contributed by atoms with E-state index < -0.39 is 0 Å². The normalized spacial score (nSPS) is 10.4. The molecular formula is C8H16ClO2. The Morgan fingerprint density at radius 1 is 1.00 bits per heavy atom. The lowest BCUT2D eigenvalue weighted by molar-refractivity contribution is 0.0619. The van der Waals surface area contributed by atoms with E-state index in [0.29, 0.717) is 6.61 Å². The summed E-state index contributed by atoms with van der Waals surface area (Å²) < 4.78 is 5.02. The van der Waals surface area contributed by atoms with Crippen LogP contribution in [0.4, 0.5) is 0 Å². The second-order valence-electron chi connectivity index (χ2n) is 2.42. The maximum atomic E-state index is 9.92. The first kappa shape index (κ1) is 11.2. The second kappa shape index (κ2) is 10.2. The highest BCUT2D eigenvalue weighted by Crippen LogP contribution is 2.00. The van der Waals surface area contributed by atoms with Crippen LogP contribution in [0.3, 0.4) is 0 Å². The second-order valence-corrected chi connectivity index (χ2v) is 2.80. The van der Waals surface area contributed by atoms with E-state index in [1.54, 1.807) is 0 Å². The molecule has 0 aromatic rings. The third kappa shape index (κ3) is 10.2. The highest BCUT2D eigenvalue weighted by Gasteiger charge is 1.89. The minimum atomic E-state index is -0.123. The van der Waals surface area contributed by atoms with Crippen LogP contribution in [0.1, 0.15) is 25.7 Å². The Bertz CT molecular complexity index is 61.1. The van der Waals surface area contributed by atoms with Gasteiger partial charge in [-0.25, -0.2) is 5.11 Å². The molecule has 0 heterocycles. The molecule has 0 N–H and O–H groups in total. The van der Waals surface area contributed by atoms with Gasteiger partial charge in [-0.1, -0.05) is 12.8 Å². The lowest BCUT2D eigenvalue weighted by atomic mass is 10.2. The number of halogens is 1. The lowest BCUT2D eigenvalue weighted by Gasteiger charge is -2.00. The van der Waals surface area contributed by atoms with E-state index >= 15 is 0 Å². The van der Waals surface area contributed by atoms with Crippen molar-refractivity contribution < 1.29 is 9.84 Å². The van der Waals surface area contributed by atoms with Crippen molar-refractivity contribution in [2.24, 2.45) is 0 Å². The van der Waals surface area contributed by atoms with Crippen LogP contribution in [0.5, 0.6) is 0 Å². The third-order valence-electron chi connectivity index (χ3n) is 1.40. The van der Waals surface area contributed by atoms with Crippen LogP contribution < -0.4 is 0 Å². The topological polar surface area (TPSA) is 29.1 Å². The van der Waals surface area contributed by atoms with Gasteiger partial charge in [-0.15, -0.1) is 11.6 Å². The Balaban J connectivity index is 2.69. The molecule has 0 aliphatic heterocycles. The maximum Gasteiger partial charge on any atom is 0.106 e. The first-order chi connectivity index (χ1) is 5.41. The predicted octanol–water partition coefficient (Wildman–Crippen LogP) is 2.23. The summed E-state index contributed by atoms with van der Waals surface area (Å²) in [7, 11) is 0. The van der Waals surface area contributed by atoms with Gasteiger partial charge in [0.25, 0.3) is 0 Å². The smallest absolute Gasteiger partial charge is 0.106 e. The molecule has 0 saturated heterocycles. The van der Waals surface area contributed by atoms with Gasteiger partial charge in [-0.05, 0) is 12.8 Å². The van der Waals surface area contributed by atoms with Gasteiger partial charge in [0.1, 0.15) is 6.61 Å². The summed E-state index contributed by atoms with van der Waals surface area (Å²) in [6.45, 7) is 0.960. The van der Waals surface area contributed by atoms with E-state index in [1.165, 1.54) is 6.42 Å². The Labute approximate surface area is 73.5 Å². The van der Waals surface area contributed by atoms with E-state index in [2.05, 4.69) is 0 Å². The molecule has 0 spiro atoms. The Morgan fingerprint density at radius 2 is 1.73 bits per heavy atom. The molecule has 0 aromatic heterocycles. The molecule has 0 atom stereocenters. The number of unbranched alkanes of at least 4 members (excludes halogenated alkanes) is 3. The van der Waals surface area contributed by atoms with Crippen molar-refractivity contribution in [1.82, 2.24) is 0 Å². The minimum Gasteiger partial charge on any atom is -0.379 e. The number of alkyl halides is 1. The summed E-state index contributed by atoms with van der Waals surface area (Å²) >= 11 is 5.49. The van der Waals surface area contributed by atoms with Crippen molar-refractivity contribution in [2.45, 2.75) is 25.7 Å². The molecule has 0 aliphatic rings. The fourth-order valence-electron chi connectivity index (χ4n) is 0.813. The molecule has 67 valence electrons. The van der Waals surface area contributed by atoms with Crippen LogP contribution >= 0.6 is 11.6 Å². The quantitative estimate of drug-likeness (QED) is 0.415. The first-order valence-electron chi connectivity index (χ1n) is 4.13. The molecule has 0 saturated carbocycles. The average molecular weight is 180 g/mol. The van der Waals surface area contributed by atoms with Crippen LogP contribution in [0.15, 0.2) is 0 Å². The summed E-state index contributed by atoms with van der Waals surface area (Å²) in [5.74, 6) is 0.751. The zero-order valence-corrected chi connectivity index (χ0v) is 7.61. The highest BCUT2D eigenvalue weighted by molar-refractivity contribution is 6.17. The molecule has 0 bridgehead atoms. The molecule has 2 nitrogen and oxygen atoms in total. The predicted molar refractivity (Wildman–Crippen MR) is 45.6 cm³/mol. The minimum absolute atomic E-state index is 0.123. The van der Waals surface area contributed by atoms with Gasteiger partial charge in [0, 0.05) is 12.5 Å². The fraction of sp³-hybridized carbons (Fsp3) is 1.00. The zero-order valence-electron chi connectivity index (χ0n) is 6.85. The van der Waals surface area contributed by atoms with E-state index in [9.17, 15) is 5.11 Å². The maximum absolute atomic E-state index is 9.92. The highest BCUT2D eigenvalue weighted by atomic mass is 35.5. The van der Waals surface area contributed by atoms with E-state index in [1.807, 2.05) is 0 Å². The molecule has 0 aliphatic carbocycles. The van der Waals surface area contributed by atoms with Gasteiger partial charge >= 0.3 is 0 Å². The van der Waals surface area contributed by atoms with Crippen molar-refractivity contribution in [1.29, 1.82) is 0 Å². The van der Waals surface area contributed by atoms with Crippen molar-refractivity contribution >= 4 is 11.6 Å². The number of hydrogen-bond donors (Lipinski definition) is 0. The van der Waals surface area contributed by atoms with Crippen molar-refractivity contribution in [3.8, 4) is 0 Å². The van der Waals surface area contributed by atoms with Crippen LogP contribution in [-0.4, -0.2) is 25.7 Å². The van der Waals surface area contributed by atoms with Gasteiger partial charge in [-0.2, -0.15) is 0 Å². The molecule has 1 radical (unpaired) electrons. The van der Waals surface area contributed by atoms with Crippen LogP contribution in [0, 0.1) is 0 Å².